The zero-order valence-corrected chi connectivity index (χ0v) is 7.01. The van der Waals surface area contributed by atoms with Gasteiger partial charge >= 0.3 is 0 Å². The Morgan fingerprint density at radius 2 is 2.27 bits per heavy atom. The minimum atomic E-state index is -2.04. The molecule has 0 aromatic rings. The van der Waals surface area contributed by atoms with Crippen LogP contribution in [0.3, 0.4) is 0 Å². The van der Waals surface area contributed by atoms with Crippen LogP contribution in [-0.2, 0) is 11.1 Å². The second-order valence-electron chi connectivity index (χ2n) is 2.38. The first kappa shape index (κ1) is 8.43. The molecule has 1 rings (SSSR count). The van der Waals surface area contributed by atoms with E-state index < -0.39 is 16.3 Å². The molecule has 0 aliphatic heterocycles. The summed E-state index contributed by atoms with van der Waals surface area (Å²) in [4.78, 5) is 0. The van der Waals surface area contributed by atoms with Crippen molar-refractivity contribution in [2.45, 2.75) is 12.2 Å². The molecule has 11 heavy (non-hydrogen) atoms. The zero-order chi connectivity index (χ0) is 8.27. The van der Waals surface area contributed by atoms with Gasteiger partial charge in [-0.1, -0.05) is 36.0 Å². The van der Waals surface area contributed by atoms with Gasteiger partial charge in [0.1, 0.15) is 0 Å². The second-order valence-corrected chi connectivity index (χ2v) is 3.45. The largest absolute Gasteiger partial charge is 0.772 e. The minimum Gasteiger partial charge on any atom is -0.772 e. The van der Waals surface area contributed by atoms with Gasteiger partial charge in [-0.05, 0) is 18.0 Å². The highest BCUT2D eigenvalue weighted by atomic mass is 32.2. The van der Waals surface area contributed by atoms with Crippen LogP contribution in [0.25, 0.3) is 0 Å². The van der Waals surface area contributed by atoms with Crippen LogP contribution in [0, 0.1) is 0 Å². The van der Waals surface area contributed by atoms with Crippen LogP contribution in [0.5, 0.6) is 0 Å². The normalized spacial score (nSPS) is 26.0. The van der Waals surface area contributed by atoms with Crippen molar-refractivity contribution in [3.05, 3.63) is 36.0 Å². The second kappa shape index (κ2) is 3.64. The van der Waals surface area contributed by atoms with Crippen LogP contribution in [0.4, 0.5) is 0 Å². The molecule has 0 heterocycles. The van der Waals surface area contributed by atoms with Crippen LogP contribution in [-0.4, -0.2) is 14.0 Å². The molecule has 0 saturated carbocycles. The summed E-state index contributed by atoms with van der Waals surface area (Å²) in [5.74, 6) is 0. The van der Waals surface area contributed by atoms with Gasteiger partial charge < -0.3 is 4.55 Å². The number of hydrogen-bond acceptors (Lipinski definition) is 2. The van der Waals surface area contributed by atoms with E-state index >= 15 is 0 Å². The Hall–Kier alpha value is -0.670. The molecule has 1 aliphatic carbocycles. The maximum atomic E-state index is 10.5. The Morgan fingerprint density at radius 3 is 2.91 bits per heavy atom. The van der Waals surface area contributed by atoms with Gasteiger partial charge in [0.2, 0.25) is 0 Å². The fourth-order valence-electron chi connectivity index (χ4n) is 0.811. The van der Waals surface area contributed by atoms with E-state index in [0.717, 1.165) is 5.57 Å². The Balaban J connectivity index is 2.79. The third kappa shape index (κ3) is 2.44. The average Bonchev–Trinajstić information content (AvgIpc) is 2.13. The molecule has 0 amide bonds. The standard InChI is InChI=1S/C8H10O2S/c1-7-3-2-4-8(6-5-7)11(9)10/h2-6,8H,1H3,(H,9,10)/p-1/t8-/m1/s1. The lowest BCUT2D eigenvalue weighted by Crippen LogP contribution is -2.06. The molecule has 2 nitrogen and oxygen atoms in total. The molecule has 0 aromatic heterocycles. The number of rotatable bonds is 1. The predicted molar refractivity (Wildman–Crippen MR) is 44.7 cm³/mol. The monoisotopic (exact) mass is 169 g/mol. The maximum Gasteiger partial charge on any atom is 0.0582 e. The topological polar surface area (TPSA) is 40.1 Å². The summed E-state index contributed by atoms with van der Waals surface area (Å²) < 4.78 is 21.0. The maximum absolute atomic E-state index is 10.5. The Labute approximate surface area is 68.6 Å². The highest BCUT2D eigenvalue weighted by Crippen LogP contribution is 2.07. The van der Waals surface area contributed by atoms with E-state index in [4.69, 9.17) is 0 Å². The average molecular weight is 169 g/mol. The van der Waals surface area contributed by atoms with E-state index in [9.17, 15) is 8.76 Å². The smallest absolute Gasteiger partial charge is 0.0582 e. The van der Waals surface area contributed by atoms with Crippen LogP contribution in [0.1, 0.15) is 6.92 Å². The Bertz CT molecular complexity index is 251. The molecule has 0 N–H and O–H groups in total. The fourth-order valence-corrected chi connectivity index (χ4v) is 1.24. The third-order valence-corrected chi connectivity index (χ3v) is 2.19. The molecule has 3 heteroatoms. The molecular weight excluding hydrogens is 160 g/mol. The molecule has 60 valence electrons. The lowest BCUT2D eigenvalue weighted by atomic mass is 10.3. The predicted octanol–water partition coefficient (Wildman–Crippen LogP) is 1.31. The third-order valence-electron chi connectivity index (χ3n) is 1.43. The first-order valence-corrected chi connectivity index (χ1v) is 4.45. The van der Waals surface area contributed by atoms with E-state index in [1.54, 1.807) is 24.3 Å². The summed E-state index contributed by atoms with van der Waals surface area (Å²) in [5.41, 5.74) is 1.06. The Morgan fingerprint density at radius 1 is 1.55 bits per heavy atom. The molecule has 0 aromatic carbocycles. The van der Waals surface area contributed by atoms with Crippen LogP contribution >= 0.6 is 0 Å². The quantitative estimate of drug-likeness (QED) is 0.555. The van der Waals surface area contributed by atoms with Gasteiger partial charge in [-0.25, -0.2) is 0 Å². The van der Waals surface area contributed by atoms with Gasteiger partial charge in [0, 0.05) is 0 Å². The van der Waals surface area contributed by atoms with Crippen LogP contribution in [0.15, 0.2) is 36.0 Å². The summed E-state index contributed by atoms with van der Waals surface area (Å²) in [6, 6.07) is 0. The van der Waals surface area contributed by atoms with Crippen LogP contribution < -0.4 is 0 Å². The van der Waals surface area contributed by atoms with Gasteiger partial charge in [-0.3, -0.25) is 4.21 Å². The first-order valence-electron chi connectivity index (χ1n) is 3.31. The van der Waals surface area contributed by atoms with Gasteiger partial charge in [-0.15, -0.1) is 0 Å². The summed E-state index contributed by atoms with van der Waals surface area (Å²) in [5, 5.41) is -0.469. The van der Waals surface area contributed by atoms with Gasteiger partial charge in [0.05, 0.1) is 5.25 Å². The first-order chi connectivity index (χ1) is 5.20. The lowest BCUT2D eigenvalue weighted by molar-refractivity contribution is 0.535. The van der Waals surface area contributed by atoms with Crippen molar-refractivity contribution in [3.8, 4) is 0 Å². The van der Waals surface area contributed by atoms with Crippen molar-refractivity contribution < 1.29 is 8.76 Å². The van der Waals surface area contributed by atoms with Crippen molar-refractivity contribution in [1.82, 2.24) is 0 Å². The molecule has 0 radical (unpaired) electrons. The summed E-state index contributed by atoms with van der Waals surface area (Å²) in [6.07, 6.45) is 8.76. The van der Waals surface area contributed by atoms with Crippen LogP contribution in [0.2, 0.25) is 0 Å². The van der Waals surface area contributed by atoms with E-state index in [2.05, 4.69) is 0 Å². The molecular formula is C8H9O2S-. The van der Waals surface area contributed by atoms with Gasteiger partial charge in [0.25, 0.3) is 0 Å². The van der Waals surface area contributed by atoms with Crippen molar-refractivity contribution in [2.24, 2.45) is 0 Å². The van der Waals surface area contributed by atoms with E-state index in [1.807, 2.05) is 13.0 Å². The molecule has 0 spiro atoms. The van der Waals surface area contributed by atoms with Crippen molar-refractivity contribution in [2.75, 3.05) is 0 Å². The molecule has 0 bridgehead atoms. The molecule has 2 atom stereocenters. The fraction of sp³-hybridized carbons (Fsp3) is 0.250. The van der Waals surface area contributed by atoms with E-state index in [-0.39, 0.29) is 0 Å². The summed E-state index contributed by atoms with van der Waals surface area (Å²) >= 11 is -2.04. The minimum absolute atomic E-state index is 0.469. The number of allylic oxidation sites excluding steroid dienone is 4. The molecule has 0 fully saturated rings. The van der Waals surface area contributed by atoms with E-state index in [0.29, 0.717) is 0 Å². The summed E-state index contributed by atoms with van der Waals surface area (Å²) in [6.45, 7) is 1.93. The number of hydrogen-bond donors (Lipinski definition) is 0. The molecule has 1 aliphatic rings. The lowest BCUT2D eigenvalue weighted by Gasteiger charge is -2.09. The highest BCUT2D eigenvalue weighted by molar-refractivity contribution is 7.80. The summed E-state index contributed by atoms with van der Waals surface area (Å²) in [7, 11) is 0. The van der Waals surface area contributed by atoms with Crippen molar-refractivity contribution >= 4 is 11.1 Å². The molecule has 0 saturated heterocycles. The van der Waals surface area contributed by atoms with Gasteiger partial charge in [-0.2, -0.15) is 0 Å². The Kier molecular flexibility index (Phi) is 2.79. The highest BCUT2D eigenvalue weighted by Gasteiger charge is 2.00. The molecule has 1 unspecified atom stereocenters. The van der Waals surface area contributed by atoms with Crippen molar-refractivity contribution in [1.29, 1.82) is 0 Å². The SMILES string of the molecule is CC1=CC=C[C@@H](S(=O)[O-])C=C1. The van der Waals surface area contributed by atoms with Gasteiger partial charge in [0.15, 0.2) is 0 Å². The van der Waals surface area contributed by atoms with Crippen molar-refractivity contribution in [3.63, 3.8) is 0 Å². The van der Waals surface area contributed by atoms with E-state index in [1.165, 1.54) is 0 Å². The zero-order valence-electron chi connectivity index (χ0n) is 6.19.